The van der Waals surface area contributed by atoms with Crippen LogP contribution in [0.3, 0.4) is 0 Å². The van der Waals surface area contributed by atoms with Crippen LogP contribution in [0.2, 0.25) is 0 Å². The predicted molar refractivity (Wildman–Crippen MR) is 92.4 cm³/mol. The van der Waals surface area contributed by atoms with Gasteiger partial charge in [-0.3, -0.25) is 0 Å². The van der Waals surface area contributed by atoms with E-state index in [0.29, 0.717) is 30.6 Å². The Morgan fingerprint density at radius 3 is 2.52 bits per heavy atom. The second kappa shape index (κ2) is 7.67. The monoisotopic (exact) mass is 350 g/mol. The summed E-state index contributed by atoms with van der Waals surface area (Å²) in [5.41, 5.74) is -0.175. The molecule has 2 unspecified atom stereocenters. The van der Waals surface area contributed by atoms with E-state index in [9.17, 15) is 9.59 Å². The molecule has 8 nitrogen and oxygen atoms in total. The number of carbonyl (C=O) groups excluding carboxylic acids is 2. The van der Waals surface area contributed by atoms with Crippen LogP contribution in [0.4, 0.5) is 10.7 Å². The molecule has 1 saturated carbocycles. The van der Waals surface area contributed by atoms with E-state index in [1.165, 1.54) is 12.4 Å². The average molecular weight is 350 g/mol. The first-order chi connectivity index (χ1) is 11.7. The molecule has 1 N–H and O–H groups in total. The zero-order valence-corrected chi connectivity index (χ0v) is 15.4. The van der Waals surface area contributed by atoms with Crippen molar-refractivity contribution in [2.45, 2.75) is 45.8 Å². The lowest BCUT2D eigenvalue weighted by molar-refractivity contribution is 0.0290. The summed E-state index contributed by atoms with van der Waals surface area (Å²) in [6.45, 7) is 8.20. The molecular formula is C17H26N4O4. The van der Waals surface area contributed by atoms with E-state index >= 15 is 0 Å². The average Bonchev–Trinajstić information content (AvgIpc) is 3.24. The summed E-state index contributed by atoms with van der Waals surface area (Å²) in [4.78, 5) is 33.4. The summed E-state index contributed by atoms with van der Waals surface area (Å²) in [6.07, 6.45) is 3.48. The largest absolute Gasteiger partial charge is 0.462 e. The zero-order chi connectivity index (χ0) is 18.6. The van der Waals surface area contributed by atoms with E-state index in [2.05, 4.69) is 15.3 Å². The van der Waals surface area contributed by atoms with Crippen molar-refractivity contribution in [1.82, 2.24) is 14.9 Å². The Kier molecular flexibility index (Phi) is 5.81. The van der Waals surface area contributed by atoms with Crippen molar-refractivity contribution in [2.24, 2.45) is 5.92 Å². The molecule has 0 saturated heterocycles. The number of hydrogen-bond acceptors (Lipinski definition) is 7. The SMILES string of the molecule is CCOC(=O)c1cnc(NC2CC2CN(C)C(=O)OC(C)(C)C)nc1. The molecule has 8 heteroatoms. The zero-order valence-electron chi connectivity index (χ0n) is 15.4. The van der Waals surface area contributed by atoms with Gasteiger partial charge in [-0.1, -0.05) is 0 Å². The Balaban J connectivity index is 1.78. The summed E-state index contributed by atoms with van der Waals surface area (Å²) >= 11 is 0. The van der Waals surface area contributed by atoms with Gasteiger partial charge in [0.2, 0.25) is 5.95 Å². The van der Waals surface area contributed by atoms with Crippen molar-refractivity contribution < 1.29 is 19.1 Å². The smallest absolute Gasteiger partial charge is 0.410 e. The fourth-order valence-electron chi connectivity index (χ4n) is 2.28. The van der Waals surface area contributed by atoms with Crippen LogP contribution in [0, 0.1) is 5.92 Å². The Bertz CT molecular complexity index is 612. The molecule has 2 atom stereocenters. The van der Waals surface area contributed by atoms with E-state index in [-0.39, 0.29) is 12.1 Å². The first-order valence-corrected chi connectivity index (χ1v) is 8.39. The lowest BCUT2D eigenvalue weighted by atomic mass is 10.2. The van der Waals surface area contributed by atoms with Gasteiger partial charge in [0.1, 0.15) is 5.60 Å². The minimum Gasteiger partial charge on any atom is -0.462 e. The van der Waals surface area contributed by atoms with E-state index < -0.39 is 11.6 Å². The number of aromatic nitrogens is 2. The fraction of sp³-hybridized carbons (Fsp3) is 0.647. The molecule has 1 aliphatic rings. The number of nitrogens with one attached hydrogen (secondary N) is 1. The Morgan fingerprint density at radius 1 is 1.32 bits per heavy atom. The Morgan fingerprint density at radius 2 is 1.96 bits per heavy atom. The molecule has 0 radical (unpaired) electrons. The van der Waals surface area contributed by atoms with Crippen molar-refractivity contribution in [3.8, 4) is 0 Å². The molecule has 1 heterocycles. The van der Waals surface area contributed by atoms with Crippen molar-refractivity contribution in [3.63, 3.8) is 0 Å². The Labute approximate surface area is 147 Å². The quantitative estimate of drug-likeness (QED) is 0.787. The molecule has 25 heavy (non-hydrogen) atoms. The molecule has 0 aromatic carbocycles. The number of amides is 1. The summed E-state index contributed by atoms with van der Waals surface area (Å²) in [7, 11) is 1.73. The van der Waals surface area contributed by atoms with Crippen LogP contribution in [-0.2, 0) is 9.47 Å². The van der Waals surface area contributed by atoms with Gasteiger partial charge >= 0.3 is 12.1 Å². The number of hydrogen-bond donors (Lipinski definition) is 1. The highest BCUT2D eigenvalue weighted by Gasteiger charge is 2.39. The third-order valence-corrected chi connectivity index (χ3v) is 3.61. The number of ether oxygens (including phenoxy) is 2. The van der Waals surface area contributed by atoms with Crippen LogP contribution in [0.1, 0.15) is 44.5 Å². The van der Waals surface area contributed by atoms with Crippen LogP contribution in [0.25, 0.3) is 0 Å². The van der Waals surface area contributed by atoms with Crippen LogP contribution < -0.4 is 5.32 Å². The number of rotatable bonds is 6. The molecular weight excluding hydrogens is 324 g/mol. The Hall–Kier alpha value is -2.38. The highest BCUT2D eigenvalue weighted by Crippen LogP contribution is 2.33. The molecule has 0 spiro atoms. The summed E-state index contributed by atoms with van der Waals surface area (Å²) in [5.74, 6) is 0.351. The first-order valence-electron chi connectivity index (χ1n) is 8.39. The van der Waals surface area contributed by atoms with E-state index in [1.807, 2.05) is 20.8 Å². The number of nitrogens with zero attached hydrogens (tertiary/aromatic N) is 3. The third kappa shape index (κ3) is 5.88. The second-order valence-corrected chi connectivity index (χ2v) is 7.12. The number of anilines is 1. The van der Waals surface area contributed by atoms with Crippen molar-refractivity contribution in [1.29, 1.82) is 0 Å². The molecule has 1 aromatic rings. The lowest BCUT2D eigenvalue weighted by Crippen LogP contribution is -2.35. The number of esters is 1. The van der Waals surface area contributed by atoms with Gasteiger partial charge in [0.15, 0.2) is 0 Å². The van der Waals surface area contributed by atoms with Gasteiger partial charge in [-0.2, -0.15) is 0 Å². The lowest BCUT2D eigenvalue weighted by Gasteiger charge is -2.24. The third-order valence-electron chi connectivity index (χ3n) is 3.61. The summed E-state index contributed by atoms with van der Waals surface area (Å²) in [6, 6.07) is 0.207. The van der Waals surface area contributed by atoms with Gasteiger partial charge in [0.05, 0.1) is 12.2 Å². The van der Waals surface area contributed by atoms with Crippen molar-refractivity contribution in [3.05, 3.63) is 18.0 Å². The maximum atomic E-state index is 12.0. The molecule has 2 rings (SSSR count). The summed E-state index contributed by atoms with van der Waals surface area (Å²) < 4.78 is 10.2. The van der Waals surface area contributed by atoms with Gasteiger partial charge in [-0.05, 0) is 40.0 Å². The van der Waals surface area contributed by atoms with Crippen LogP contribution in [0.5, 0.6) is 0 Å². The van der Waals surface area contributed by atoms with E-state index in [1.54, 1.807) is 18.9 Å². The van der Waals surface area contributed by atoms with E-state index in [0.717, 1.165) is 6.42 Å². The normalized spacial score (nSPS) is 19.1. The minimum absolute atomic E-state index is 0.207. The van der Waals surface area contributed by atoms with Gasteiger partial charge in [-0.25, -0.2) is 19.6 Å². The highest BCUT2D eigenvalue weighted by atomic mass is 16.6. The minimum atomic E-state index is -0.499. The van der Waals surface area contributed by atoms with Gasteiger partial charge < -0.3 is 19.7 Å². The molecule has 138 valence electrons. The highest BCUT2D eigenvalue weighted by molar-refractivity contribution is 5.88. The van der Waals surface area contributed by atoms with Crippen molar-refractivity contribution >= 4 is 18.0 Å². The predicted octanol–water partition coefficient (Wildman–Crippen LogP) is 2.32. The second-order valence-electron chi connectivity index (χ2n) is 7.12. The van der Waals surface area contributed by atoms with Gasteiger partial charge in [0, 0.05) is 32.0 Å². The maximum absolute atomic E-state index is 12.0. The van der Waals surface area contributed by atoms with Crippen molar-refractivity contribution in [2.75, 3.05) is 25.5 Å². The molecule has 0 aliphatic heterocycles. The summed E-state index contributed by atoms with van der Waals surface area (Å²) in [5, 5.41) is 3.20. The molecule has 0 bridgehead atoms. The molecule has 1 fully saturated rings. The van der Waals surface area contributed by atoms with Gasteiger partial charge in [0.25, 0.3) is 0 Å². The van der Waals surface area contributed by atoms with Crippen LogP contribution >= 0.6 is 0 Å². The topological polar surface area (TPSA) is 93.7 Å². The molecule has 1 amide bonds. The van der Waals surface area contributed by atoms with Gasteiger partial charge in [-0.15, -0.1) is 0 Å². The van der Waals surface area contributed by atoms with Crippen LogP contribution in [0.15, 0.2) is 12.4 Å². The van der Waals surface area contributed by atoms with Crippen LogP contribution in [-0.4, -0.2) is 58.8 Å². The standard InChI is InChI=1S/C17H26N4O4/c1-6-24-14(22)12-8-18-15(19-9-12)20-13-7-11(13)10-21(5)16(23)25-17(2,3)4/h8-9,11,13H,6-7,10H2,1-5H3,(H,18,19,20). The number of carbonyl (C=O) groups is 2. The molecule has 1 aromatic heterocycles. The first kappa shape index (κ1) is 19.0. The molecule has 1 aliphatic carbocycles. The maximum Gasteiger partial charge on any atom is 0.410 e. The van der Waals surface area contributed by atoms with E-state index in [4.69, 9.17) is 9.47 Å². The fourth-order valence-corrected chi connectivity index (χ4v) is 2.28.